The number of nitrogen functional groups attached to an aromatic ring is 1. The number of hydrogen-bond donors (Lipinski definition) is 4. The first-order valence-corrected chi connectivity index (χ1v) is 18.0. The largest absolute Gasteiger partial charge is 0.507 e. The van der Waals surface area contributed by atoms with Gasteiger partial charge in [0, 0.05) is 60.7 Å². The van der Waals surface area contributed by atoms with E-state index in [0.717, 1.165) is 79.9 Å². The number of nitrogens with one attached hydrogen (secondary N) is 2. The highest BCUT2D eigenvalue weighted by atomic mass is 16.3. The number of aromatic hydroxyl groups is 1. The minimum Gasteiger partial charge on any atom is -0.507 e. The third-order valence-corrected chi connectivity index (χ3v) is 11.2. The summed E-state index contributed by atoms with van der Waals surface area (Å²) in [5.41, 5.74) is 10.3. The van der Waals surface area contributed by atoms with Crippen molar-refractivity contribution >= 4 is 35.1 Å². The second kappa shape index (κ2) is 13.8. The molecule has 5 heterocycles. The Bertz CT molecular complexity index is 2050. The molecule has 268 valence electrons. The molecule has 14 heteroatoms. The number of carbonyl (C=O) groups is 4. The molecule has 4 amide bonds. The van der Waals surface area contributed by atoms with Gasteiger partial charge in [0.1, 0.15) is 11.8 Å². The van der Waals surface area contributed by atoms with Crippen LogP contribution in [0, 0.1) is 5.92 Å². The van der Waals surface area contributed by atoms with Crippen LogP contribution in [0.2, 0.25) is 0 Å². The molecule has 4 aromatic rings. The molecule has 5 N–H and O–H groups in total. The van der Waals surface area contributed by atoms with Gasteiger partial charge in [-0.3, -0.25) is 34.1 Å². The maximum absolute atomic E-state index is 13.2. The molecule has 1 atom stereocenters. The van der Waals surface area contributed by atoms with E-state index in [2.05, 4.69) is 25.7 Å². The van der Waals surface area contributed by atoms with Crippen LogP contribution in [0.25, 0.3) is 22.4 Å². The number of para-hydroxylation sites is 1. The summed E-state index contributed by atoms with van der Waals surface area (Å²) in [7, 11) is 0. The van der Waals surface area contributed by atoms with Crippen molar-refractivity contribution in [2.24, 2.45) is 5.92 Å². The molecule has 2 saturated heterocycles. The predicted octanol–water partition coefficient (Wildman–Crippen LogP) is 4.00. The average Bonchev–Trinajstić information content (AvgIpc) is 3.74. The van der Waals surface area contributed by atoms with Crippen LogP contribution in [0.1, 0.15) is 78.1 Å². The van der Waals surface area contributed by atoms with Gasteiger partial charge in [-0.1, -0.05) is 12.1 Å². The lowest BCUT2D eigenvalue weighted by atomic mass is 9.84. The lowest BCUT2D eigenvalue weighted by molar-refractivity contribution is -0.136. The summed E-state index contributed by atoms with van der Waals surface area (Å²) in [6, 6.07) is 13.9. The van der Waals surface area contributed by atoms with Crippen LogP contribution >= 0.6 is 0 Å². The van der Waals surface area contributed by atoms with Crippen LogP contribution in [-0.4, -0.2) is 90.2 Å². The standard InChI is InChI=1S/C38H41N9O5/c39-35-29(18-31(43-44-35)28-3-1-2-4-33(28)48)23-20-41-46(21-23)26-13-15-45(16-14-26)25-8-5-22(6-9-25)19-40-24-7-10-27-30(17-24)38(52)47(37(27)51)32-11-12-34(49)42-36(32)50/h1-4,7,10,17-18,20-22,25-26,32,40,48H,5-6,8-9,11-16,19H2,(H2,39,44)(H,42,49,50)/t22-,25+,32?. The number of aromatic nitrogens is 4. The number of likely N-dealkylation sites (tertiary alicyclic amines) is 1. The smallest absolute Gasteiger partial charge is 0.262 e. The highest BCUT2D eigenvalue weighted by Crippen LogP contribution is 2.35. The minimum atomic E-state index is -0.970. The molecule has 8 rings (SSSR count). The lowest BCUT2D eigenvalue weighted by Gasteiger charge is -2.41. The van der Waals surface area contributed by atoms with Crippen molar-refractivity contribution in [3.8, 4) is 28.1 Å². The van der Waals surface area contributed by atoms with Gasteiger partial charge in [-0.15, -0.1) is 10.2 Å². The van der Waals surface area contributed by atoms with E-state index in [-0.39, 0.29) is 29.7 Å². The molecule has 1 aliphatic carbocycles. The van der Waals surface area contributed by atoms with Crippen molar-refractivity contribution in [1.29, 1.82) is 0 Å². The molecule has 2 aromatic carbocycles. The summed E-state index contributed by atoms with van der Waals surface area (Å²) < 4.78 is 2.05. The van der Waals surface area contributed by atoms with Crippen molar-refractivity contribution < 1.29 is 24.3 Å². The van der Waals surface area contributed by atoms with Crippen molar-refractivity contribution in [3.63, 3.8) is 0 Å². The van der Waals surface area contributed by atoms with Gasteiger partial charge in [0.15, 0.2) is 5.82 Å². The highest BCUT2D eigenvalue weighted by molar-refractivity contribution is 6.23. The van der Waals surface area contributed by atoms with Crippen LogP contribution in [0.15, 0.2) is 60.9 Å². The second-order valence-electron chi connectivity index (χ2n) is 14.3. The fourth-order valence-corrected chi connectivity index (χ4v) is 8.20. The second-order valence-corrected chi connectivity index (χ2v) is 14.3. The van der Waals surface area contributed by atoms with Crippen LogP contribution in [-0.2, 0) is 9.59 Å². The maximum Gasteiger partial charge on any atom is 0.262 e. The van der Waals surface area contributed by atoms with Gasteiger partial charge in [0.25, 0.3) is 11.8 Å². The molecule has 2 aromatic heterocycles. The third-order valence-electron chi connectivity index (χ3n) is 11.2. The van der Waals surface area contributed by atoms with Crippen molar-refractivity contribution in [2.45, 2.75) is 69.5 Å². The Morgan fingerprint density at radius 1 is 0.827 bits per heavy atom. The van der Waals surface area contributed by atoms with Crippen LogP contribution < -0.4 is 16.4 Å². The molecule has 3 fully saturated rings. The number of benzene rings is 2. The molecule has 0 bridgehead atoms. The summed E-state index contributed by atoms with van der Waals surface area (Å²) in [6.07, 6.45) is 10.6. The van der Waals surface area contributed by atoms with E-state index in [1.54, 1.807) is 30.3 Å². The Morgan fingerprint density at radius 3 is 2.37 bits per heavy atom. The van der Waals surface area contributed by atoms with Crippen molar-refractivity contribution in [2.75, 3.05) is 30.7 Å². The average molecular weight is 704 g/mol. The molecule has 1 unspecified atom stereocenters. The monoisotopic (exact) mass is 703 g/mol. The van der Waals surface area contributed by atoms with Gasteiger partial charge in [-0.2, -0.15) is 5.10 Å². The van der Waals surface area contributed by atoms with Gasteiger partial charge < -0.3 is 21.1 Å². The number of amides is 4. The third kappa shape index (κ3) is 6.38. The first-order valence-electron chi connectivity index (χ1n) is 18.0. The number of carbonyl (C=O) groups excluding carboxylic acids is 4. The van der Waals surface area contributed by atoms with Gasteiger partial charge >= 0.3 is 0 Å². The van der Waals surface area contributed by atoms with E-state index in [1.165, 1.54) is 0 Å². The minimum absolute atomic E-state index is 0.0936. The van der Waals surface area contributed by atoms with E-state index in [0.29, 0.717) is 35.1 Å². The first-order chi connectivity index (χ1) is 25.2. The van der Waals surface area contributed by atoms with Crippen LogP contribution in [0.4, 0.5) is 11.5 Å². The fraction of sp³-hybridized carbons (Fsp3) is 0.395. The molecular weight excluding hydrogens is 662 g/mol. The fourth-order valence-electron chi connectivity index (χ4n) is 8.20. The zero-order valence-corrected chi connectivity index (χ0v) is 28.7. The van der Waals surface area contributed by atoms with Gasteiger partial charge in [0.05, 0.1) is 29.1 Å². The predicted molar refractivity (Wildman–Crippen MR) is 192 cm³/mol. The SMILES string of the molecule is Nc1nnc(-c2ccccc2O)cc1-c1cnn(C2CCN([C@H]3CC[C@@H](CNc4ccc5c(c4)C(=O)N(C4CCC(=O)NC4=O)C5=O)CC3)CC2)c1. The van der Waals surface area contributed by atoms with Crippen molar-refractivity contribution in [3.05, 3.63) is 72.1 Å². The van der Waals surface area contributed by atoms with Gasteiger partial charge in [0.2, 0.25) is 11.8 Å². The molecule has 3 aliphatic heterocycles. The molecule has 4 aliphatic rings. The summed E-state index contributed by atoms with van der Waals surface area (Å²) in [5.74, 6) is -1.03. The molecule has 0 radical (unpaired) electrons. The zero-order chi connectivity index (χ0) is 35.9. The van der Waals surface area contributed by atoms with E-state index < -0.39 is 29.7 Å². The number of rotatable bonds is 8. The molecule has 0 spiro atoms. The number of hydrogen-bond acceptors (Lipinski definition) is 11. The lowest BCUT2D eigenvalue weighted by Crippen LogP contribution is -2.54. The topological polar surface area (TPSA) is 189 Å². The van der Waals surface area contributed by atoms with Crippen LogP contribution in [0.5, 0.6) is 5.75 Å². The number of nitrogens with two attached hydrogens (primary N) is 1. The Labute approximate surface area is 300 Å². The van der Waals surface area contributed by atoms with E-state index >= 15 is 0 Å². The van der Waals surface area contributed by atoms with E-state index in [1.807, 2.05) is 35.3 Å². The quantitative estimate of drug-likeness (QED) is 0.194. The van der Waals surface area contributed by atoms with E-state index in [9.17, 15) is 24.3 Å². The highest BCUT2D eigenvalue weighted by Gasteiger charge is 2.44. The number of phenols is 1. The summed E-state index contributed by atoms with van der Waals surface area (Å²) >= 11 is 0. The Balaban J connectivity index is 0.816. The van der Waals surface area contributed by atoms with Crippen LogP contribution in [0.3, 0.4) is 0 Å². The maximum atomic E-state index is 13.2. The molecule has 1 saturated carbocycles. The number of nitrogens with zero attached hydrogens (tertiary/aromatic N) is 6. The first kappa shape index (κ1) is 33.5. The Hall–Kier alpha value is -5.63. The van der Waals surface area contributed by atoms with Crippen molar-refractivity contribution in [1.82, 2.24) is 35.1 Å². The number of imide groups is 2. The molecular formula is C38H41N9O5. The summed E-state index contributed by atoms with van der Waals surface area (Å²) in [6.45, 7) is 2.81. The van der Waals surface area contributed by atoms with Gasteiger partial charge in [-0.25, -0.2) is 0 Å². The molecule has 14 nitrogen and oxygen atoms in total. The number of anilines is 2. The zero-order valence-electron chi connectivity index (χ0n) is 28.7. The molecule has 52 heavy (non-hydrogen) atoms. The number of piperidine rings is 2. The normalized spacial score (nSPS) is 22.8. The Kier molecular flexibility index (Phi) is 8.91. The summed E-state index contributed by atoms with van der Waals surface area (Å²) in [5, 5.41) is 29.1. The van der Waals surface area contributed by atoms with Gasteiger partial charge in [-0.05, 0) is 87.3 Å². The number of fused-ring (bicyclic) bond motifs is 1. The van der Waals surface area contributed by atoms with E-state index in [4.69, 9.17) is 10.8 Å². The number of phenolic OH excluding ortho intramolecular Hbond substituents is 1. The summed E-state index contributed by atoms with van der Waals surface area (Å²) in [4.78, 5) is 53.8. The Morgan fingerprint density at radius 2 is 1.60 bits per heavy atom.